The maximum Gasteiger partial charge on any atom is 0.0106 e. The Hall–Kier alpha value is -0.470. The molecule has 94 valence electrons. The quantitative estimate of drug-likeness (QED) is 0.582. The van der Waals surface area contributed by atoms with Gasteiger partial charge in [0.15, 0.2) is 0 Å². The van der Waals surface area contributed by atoms with Gasteiger partial charge >= 0.3 is 0 Å². The van der Waals surface area contributed by atoms with E-state index < -0.39 is 0 Å². The molecule has 1 saturated carbocycles. The van der Waals surface area contributed by atoms with Gasteiger partial charge in [0.05, 0.1) is 0 Å². The van der Waals surface area contributed by atoms with Crippen molar-refractivity contribution in [3.05, 3.63) is 30.3 Å². The van der Waals surface area contributed by atoms with E-state index in [1.54, 1.807) is 0 Å². The Balaban J connectivity index is 1.58. The van der Waals surface area contributed by atoms with Gasteiger partial charge < -0.3 is 5.32 Å². The van der Waals surface area contributed by atoms with Crippen molar-refractivity contribution in [3.8, 4) is 0 Å². The van der Waals surface area contributed by atoms with Gasteiger partial charge in [-0.15, -0.1) is 11.8 Å². The van der Waals surface area contributed by atoms with Crippen LogP contribution in [0, 0.1) is 11.3 Å². The summed E-state index contributed by atoms with van der Waals surface area (Å²) in [6, 6.07) is 10.6. The van der Waals surface area contributed by atoms with Gasteiger partial charge in [-0.25, -0.2) is 0 Å². The predicted octanol–water partition coefficient (Wildman–Crippen LogP) is 3.80. The minimum absolute atomic E-state index is 0.636. The molecular formula is C15H23NS. The van der Waals surface area contributed by atoms with Crippen LogP contribution in [0.1, 0.15) is 26.7 Å². The summed E-state index contributed by atoms with van der Waals surface area (Å²) < 4.78 is 0. The SMILES string of the molecule is CC(C)C1(CNCCSc2ccccc2)CC1. The molecule has 1 aromatic rings. The molecule has 0 saturated heterocycles. The second kappa shape index (κ2) is 5.92. The summed E-state index contributed by atoms with van der Waals surface area (Å²) in [6.45, 7) is 7.04. The average Bonchev–Trinajstić information content (AvgIpc) is 3.11. The molecule has 0 bridgehead atoms. The zero-order valence-corrected chi connectivity index (χ0v) is 11.7. The number of benzene rings is 1. The molecule has 0 heterocycles. The van der Waals surface area contributed by atoms with E-state index in [1.165, 1.54) is 24.3 Å². The van der Waals surface area contributed by atoms with Gasteiger partial charge in [0.2, 0.25) is 0 Å². The van der Waals surface area contributed by atoms with Crippen molar-refractivity contribution in [2.75, 3.05) is 18.8 Å². The van der Waals surface area contributed by atoms with Gasteiger partial charge in [0.25, 0.3) is 0 Å². The van der Waals surface area contributed by atoms with Crippen molar-refractivity contribution >= 4 is 11.8 Å². The highest BCUT2D eigenvalue weighted by atomic mass is 32.2. The lowest BCUT2D eigenvalue weighted by molar-refractivity contribution is 0.342. The Labute approximate surface area is 109 Å². The highest BCUT2D eigenvalue weighted by molar-refractivity contribution is 7.99. The van der Waals surface area contributed by atoms with Gasteiger partial charge in [0, 0.05) is 23.7 Å². The molecule has 1 aliphatic carbocycles. The molecule has 0 unspecified atom stereocenters. The molecule has 17 heavy (non-hydrogen) atoms. The molecule has 0 atom stereocenters. The fraction of sp³-hybridized carbons (Fsp3) is 0.600. The van der Waals surface area contributed by atoms with Crippen molar-refractivity contribution in [2.45, 2.75) is 31.6 Å². The summed E-state index contributed by atoms with van der Waals surface area (Å²) in [5, 5.41) is 3.62. The number of hydrogen-bond acceptors (Lipinski definition) is 2. The van der Waals surface area contributed by atoms with Crippen molar-refractivity contribution in [2.24, 2.45) is 11.3 Å². The summed E-state index contributed by atoms with van der Waals surface area (Å²) in [5.74, 6) is 2.00. The van der Waals surface area contributed by atoms with E-state index in [0.717, 1.165) is 18.2 Å². The minimum atomic E-state index is 0.636. The van der Waals surface area contributed by atoms with Gasteiger partial charge in [-0.05, 0) is 36.3 Å². The lowest BCUT2D eigenvalue weighted by Crippen LogP contribution is -2.29. The summed E-state index contributed by atoms with van der Waals surface area (Å²) in [6.07, 6.45) is 2.84. The molecule has 1 fully saturated rings. The average molecular weight is 249 g/mol. The molecule has 2 rings (SSSR count). The molecule has 1 N–H and O–H groups in total. The summed E-state index contributed by atoms with van der Waals surface area (Å²) >= 11 is 1.94. The van der Waals surface area contributed by atoms with Crippen molar-refractivity contribution in [1.82, 2.24) is 5.32 Å². The molecule has 2 heteroatoms. The molecular weight excluding hydrogens is 226 g/mol. The Kier molecular flexibility index (Phi) is 4.52. The minimum Gasteiger partial charge on any atom is -0.315 e. The second-order valence-electron chi connectivity index (χ2n) is 5.36. The van der Waals surface area contributed by atoms with Crippen LogP contribution < -0.4 is 5.32 Å². The monoisotopic (exact) mass is 249 g/mol. The third-order valence-corrected chi connectivity index (χ3v) is 4.90. The molecule has 1 nitrogen and oxygen atoms in total. The van der Waals surface area contributed by atoms with Gasteiger partial charge in [-0.1, -0.05) is 32.0 Å². The molecule has 0 aliphatic heterocycles. The number of thioether (sulfide) groups is 1. The summed E-state index contributed by atoms with van der Waals surface area (Å²) in [4.78, 5) is 1.37. The maximum atomic E-state index is 3.62. The lowest BCUT2D eigenvalue weighted by Gasteiger charge is -2.19. The smallest absolute Gasteiger partial charge is 0.0106 e. The van der Waals surface area contributed by atoms with Gasteiger partial charge in [-0.2, -0.15) is 0 Å². The predicted molar refractivity (Wildman–Crippen MR) is 76.5 cm³/mol. The number of rotatable bonds is 7. The van der Waals surface area contributed by atoms with E-state index in [2.05, 4.69) is 49.5 Å². The first-order valence-corrected chi connectivity index (χ1v) is 7.60. The summed E-state index contributed by atoms with van der Waals surface area (Å²) in [5.41, 5.74) is 0.636. The molecule has 0 aromatic heterocycles. The third-order valence-electron chi connectivity index (χ3n) is 3.88. The Morgan fingerprint density at radius 3 is 2.53 bits per heavy atom. The highest BCUT2D eigenvalue weighted by Crippen LogP contribution is 2.51. The van der Waals surface area contributed by atoms with E-state index in [0.29, 0.717) is 5.41 Å². The van der Waals surface area contributed by atoms with Crippen LogP contribution >= 0.6 is 11.8 Å². The molecule has 1 aliphatic rings. The van der Waals surface area contributed by atoms with E-state index in [9.17, 15) is 0 Å². The van der Waals surface area contributed by atoms with Crippen LogP contribution in [0.5, 0.6) is 0 Å². The normalized spacial score (nSPS) is 17.4. The molecule has 0 amide bonds. The second-order valence-corrected chi connectivity index (χ2v) is 6.52. The fourth-order valence-electron chi connectivity index (χ4n) is 2.21. The molecule has 0 spiro atoms. The van der Waals surface area contributed by atoms with Crippen LogP contribution in [0.3, 0.4) is 0 Å². The maximum absolute atomic E-state index is 3.62. The fourth-order valence-corrected chi connectivity index (χ4v) is 3.05. The van der Waals surface area contributed by atoms with Crippen LogP contribution in [0.15, 0.2) is 35.2 Å². The van der Waals surface area contributed by atoms with Crippen molar-refractivity contribution in [1.29, 1.82) is 0 Å². The first-order valence-electron chi connectivity index (χ1n) is 6.61. The Bertz CT molecular complexity index is 330. The van der Waals surface area contributed by atoms with Crippen LogP contribution in [-0.4, -0.2) is 18.8 Å². The summed E-state index contributed by atoms with van der Waals surface area (Å²) in [7, 11) is 0. The Morgan fingerprint density at radius 2 is 1.94 bits per heavy atom. The van der Waals surface area contributed by atoms with Crippen LogP contribution in [0.4, 0.5) is 0 Å². The van der Waals surface area contributed by atoms with Crippen LogP contribution in [-0.2, 0) is 0 Å². The van der Waals surface area contributed by atoms with Crippen molar-refractivity contribution in [3.63, 3.8) is 0 Å². The zero-order valence-electron chi connectivity index (χ0n) is 10.9. The van der Waals surface area contributed by atoms with E-state index in [4.69, 9.17) is 0 Å². The van der Waals surface area contributed by atoms with E-state index in [-0.39, 0.29) is 0 Å². The number of hydrogen-bond donors (Lipinski definition) is 1. The first kappa shape index (κ1) is 13.0. The lowest BCUT2D eigenvalue weighted by atomic mass is 9.92. The van der Waals surface area contributed by atoms with Crippen molar-refractivity contribution < 1.29 is 0 Å². The molecule has 1 aromatic carbocycles. The van der Waals surface area contributed by atoms with Gasteiger partial charge in [0.1, 0.15) is 0 Å². The highest BCUT2D eigenvalue weighted by Gasteiger charge is 2.44. The largest absolute Gasteiger partial charge is 0.315 e. The third kappa shape index (κ3) is 3.75. The van der Waals surface area contributed by atoms with Crippen LogP contribution in [0.2, 0.25) is 0 Å². The Morgan fingerprint density at radius 1 is 1.24 bits per heavy atom. The standard InChI is InChI=1S/C15H23NS/c1-13(2)15(8-9-15)12-16-10-11-17-14-6-4-3-5-7-14/h3-7,13,16H,8-12H2,1-2H3. The first-order chi connectivity index (χ1) is 8.23. The van der Waals surface area contributed by atoms with Gasteiger partial charge in [-0.3, -0.25) is 0 Å². The zero-order chi connectivity index (χ0) is 12.1. The van der Waals surface area contributed by atoms with E-state index >= 15 is 0 Å². The van der Waals surface area contributed by atoms with Crippen LogP contribution in [0.25, 0.3) is 0 Å². The van der Waals surface area contributed by atoms with E-state index in [1.807, 2.05) is 11.8 Å². The molecule has 0 radical (unpaired) electrons. The topological polar surface area (TPSA) is 12.0 Å². The number of nitrogens with one attached hydrogen (secondary N) is 1.